The summed E-state index contributed by atoms with van der Waals surface area (Å²) in [5.74, 6) is -0.415. The first kappa shape index (κ1) is 17.9. The highest BCUT2D eigenvalue weighted by Crippen LogP contribution is 2.27. The number of anilines is 1. The number of carbonyl (C=O) groups is 2. The molecule has 5 nitrogen and oxygen atoms in total. The predicted octanol–water partition coefficient (Wildman–Crippen LogP) is 3.70. The number of carbonyl (C=O) groups excluding carboxylic acids is 2. The van der Waals surface area contributed by atoms with Crippen LogP contribution in [0.15, 0.2) is 53.6 Å². The highest BCUT2D eigenvalue weighted by Gasteiger charge is 2.14. The second-order valence-corrected chi connectivity index (χ2v) is 6.53. The molecule has 0 fully saturated rings. The molecular formula is C21H23N3O2. The van der Waals surface area contributed by atoms with Crippen molar-refractivity contribution < 1.29 is 9.59 Å². The van der Waals surface area contributed by atoms with Crippen molar-refractivity contribution in [1.82, 2.24) is 5.43 Å². The Hall–Kier alpha value is -2.95. The zero-order valence-corrected chi connectivity index (χ0v) is 14.9. The van der Waals surface area contributed by atoms with Crippen molar-refractivity contribution in [2.75, 3.05) is 5.32 Å². The molecule has 0 radical (unpaired) electrons. The van der Waals surface area contributed by atoms with Crippen LogP contribution < -0.4 is 10.7 Å². The largest absolute Gasteiger partial charge is 0.325 e. The molecule has 0 aromatic heterocycles. The van der Waals surface area contributed by atoms with Gasteiger partial charge in [-0.3, -0.25) is 9.59 Å². The van der Waals surface area contributed by atoms with Crippen LogP contribution in [0, 0.1) is 0 Å². The van der Waals surface area contributed by atoms with Gasteiger partial charge in [-0.1, -0.05) is 30.3 Å². The molecule has 0 aliphatic heterocycles. The maximum absolute atomic E-state index is 12.3. The van der Waals surface area contributed by atoms with Crippen molar-refractivity contribution in [3.8, 4) is 0 Å². The summed E-state index contributed by atoms with van der Waals surface area (Å²) in [5.41, 5.74) is 7.05. The monoisotopic (exact) mass is 349 g/mol. The summed E-state index contributed by atoms with van der Waals surface area (Å²) in [6.07, 6.45) is 4.58. The molecule has 26 heavy (non-hydrogen) atoms. The van der Waals surface area contributed by atoms with E-state index in [4.69, 9.17) is 0 Å². The molecule has 0 heterocycles. The molecular weight excluding hydrogens is 326 g/mol. The molecule has 1 aliphatic carbocycles. The number of nitrogens with zero attached hydrogens (tertiary/aromatic N) is 1. The number of aryl methyl sites for hydroxylation is 1. The number of hydrogen-bond acceptors (Lipinski definition) is 3. The number of benzene rings is 2. The van der Waals surface area contributed by atoms with E-state index in [-0.39, 0.29) is 18.2 Å². The van der Waals surface area contributed by atoms with E-state index in [1.165, 1.54) is 17.5 Å². The minimum Gasteiger partial charge on any atom is -0.325 e. The average molecular weight is 349 g/mol. The summed E-state index contributed by atoms with van der Waals surface area (Å²) >= 11 is 0. The molecule has 0 atom stereocenters. The Morgan fingerprint density at radius 2 is 1.77 bits per heavy atom. The van der Waals surface area contributed by atoms with Crippen molar-refractivity contribution in [1.29, 1.82) is 0 Å². The number of nitrogens with one attached hydrogen (secondary N) is 2. The van der Waals surface area contributed by atoms with Crippen LogP contribution in [0.25, 0.3) is 0 Å². The highest BCUT2D eigenvalue weighted by atomic mass is 16.2. The lowest BCUT2D eigenvalue weighted by atomic mass is 9.90. The van der Waals surface area contributed by atoms with E-state index in [0.717, 1.165) is 24.9 Å². The third-order valence-electron chi connectivity index (χ3n) is 4.47. The van der Waals surface area contributed by atoms with E-state index < -0.39 is 0 Å². The first-order chi connectivity index (χ1) is 12.6. The van der Waals surface area contributed by atoms with E-state index in [1.807, 2.05) is 18.2 Å². The van der Waals surface area contributed by atoms with E-state index in [2.05, 4.69) is 21.9 Å². The molecule has 2 aromatic rings. The Bertz CT molecular complexity index is 828. The van der Waals surface area contributed by atoms with Crippen molar-refractivity contribution in [2.24, 2.45) is 5.10 Å². The van der Waals surface area contributed by atoms with Crippen LogP contribution in [0.5, 0.6) is 0 Å². The summed E-state index contributed by atoms with van der Waals surface area (Å²) < 4.78 is 0. The summed E-state index contributed by atoms with van der Waals surface area (Å²) in [7, 11) is 0. The van der Waals surface area contributed by atoms with Gasteiger partial charge >= 0.3 is 0 Å². The zero-order chi connectivity index (χ0) is 18.4. The summed E-state index contributed by atoms with van der Waals surface area (Å²) in [6.45, 7) is 1.73. The smallest absolute Gasteiger partial charge is 0.271 e. The Morgan fingerprint density at radius 1 is 1.00 bits per heavy atom. The standard InChI is InChI=1S/C21H23N3O2/c1-15(23-24-21(26)17-9-3-2-4-10-17)14-20(25)22-19-13-7-11-16-8-5-6-12-18(16)19/h2-4,7,9-11,13H,5-6,8,12,14H2,1H3,(H,22,25)(H,24,26)/b23-15-. The van der Waals surface area contributed by atoms with Gasteiger partial charge in [-0.15, -0.1) is 0 Å². The van der Waals surface area contributed by atoms with Gasteiger partial charge in [0.15, 0.2) is 0 Å². The van der Waals surface area contributed by atoms with Crippen LogP contribution in [0.4, 0.5) is 5.69 Å². The number of rotatable bonds is 5. The fourth-order valence-electron chi connectivity index (χ4n) is 3.17. The summed E-state index contributed by atoms with van der Waals surface area (Å²) in [4.78, 5) is 24.3. The minimum absolute atomic E-state index is 0.126. The van der Waals surface area contributed by atoms with Gasteiger partial charge in [0.05, 0.1) is 6.42 Å². The topological polar surface area (TPSA) is 70.6 Å². The Labute approximate surface area is 153 Å². The van der Waals surface area contributed by atoms with E-state index in [9.17, 15) is 9.59 Å². The summed E-state index contributed by atoms with van der Waals surface area (Å²) in [6, 6.07) is 14.9. The lowest BCUT2D eigenvalue weighted by molar-refractivity contribution is -0.115. The van der Waals surface area contributed by atoms with Crippen LogP contribution in [0.2, 0.25) is 0 Å². The van der Waals surface area contributed by atoms with Crippen molar-refractivity contribution >= 4 is 23.2 Å². The Kier molecular flexibility index (Phi) is 5.79. The maximum Gasteiger partial charge on any atom is 0.271 e. The number of fused-ring (bicyclic) bond motifs is 1. The van der Waals surface area contributed by atoms with E-state index >= 15 is 0 Å². The Morgan fingerprint density at radius 3 is 2.58 bits per heavy atom. The molecule has 0 saturated carbocycles. The van der Waals surface area contributed by atoms with Crippen molar-refractivity contribution in [3.05, 3.63) is 65.2 Å². The van der Waals surface area contributed by atoms with Gasteiger partial charge in [-0.05, 0) is 61.9 Å². The minimum atomic E-state index is -0.289. The molecule has 5 heteroatoms. The predicted molar refractivity (Wildman–Crippen MR) is 103 cm³/mol. The first-order valence-electron chi connectivity index (χ1n) is 8.92. The quantitative estimate of drug-likeness (QED) is 0.638. The molecule has 0 spiro atoms. The molecule has 3 rings (SSSR count). The Balaban J connectivity index is 1.57. The molecule has 2 aromatic carbocycles. The molecule has 2 amide bonds. The van der Waals surface area contributed by atoms with Crippen LogP contribution in [0.3, 0.4) is 0 Å². The van der Waals surface area contributed by atoms with Gasteiger partial charge in [-0.25, -0.2) is 5.43 Å². The SMILES string of the molecule is C/C(CC(=O)Nc1cccc2c1CCCC2)=N/NC(=O)c1ccccc1. The molecule has 1 aliphatic rings. The van der Waals surface area contributed by atoms with Crippen LogP contribution in [0.1, 0.15) is 47.7 Å². The maximum atomic E-state index is 12.3. The van der Waals surface area contributed by atoms with Crippen molar-refractivity contribution in [3.63, 3.8) is 0 Å². The normalized spacial score (nSPS) is 13.7. The van der Waals surface area contributed by atoms with Gasteiger partial charge in [0, 0.05) is 17.0 Å². The molecule has 2 N–H and O–H groups in total. The number of hydrazone groups is 1. The van der Waals surface area contributed by atoms with Gasteiger partial charge in [-0.2, -0.15) is 5.10 Å². The van der Waals surface area contributed by atoms with E-state index in [1.54, 1.807) is 31.2 Å². The molecule has 0 saturated heterocycles. The van der Waals surface area contributed by atoms with Crippen LogP contribution in [-0.2, 0) is 17.6 Å². The highest BCUT2D eigenvalue weighted by molar-refractivity contribution is 6.06. The fourth-order valence-corrected chi connectivity index (χ4v) is 3.17. The van der Waals surface area contributed by atoms with Gasteiger partial charge < -0.3 is 5.32 Å². The van der Waals surface area contributed by atoms with Gasteiger partial charge in [0.25, 0.3) is 5.91 Å². The lowest BCUT2D eigenvalue weighted by Crippen LogP contribution is -2.22. The van der Waals surface area contributed by atoms with Crippen LogP contribution >= 0.6 is 0 Å². The third-order valence-corrected chi connectivity index (χ3v) is 4.47. The van der Waals surface area contributed by atoms with Crippen LogP contribution in [-0.4, -0.2) is 17.5 Å². The van der Waals surface area contributed by atoms with E-state index in [0.29, 0.717) is 11.3 Å². The number of hydrogen-bond donors (Lipinski definition) is 2. The average Bonchev–Trinajstić information content (AvgIpc) is 2.67. The number of amides is 2. The second-order valence-electron chi connectivity index (χ2n) is 6.53. The first-order valence-corrected chi connectivity index (χ1v) is 8.92. The molecule has 134 valence electrons. The third kappa shape index (κ3) is 4.57. The fraction of sp³-hybridized carbons (Fsp3) is 0.286. The summed E-state index contributed by atoms with van der Waals surface area (Å²) in [5, 5.41) is 7.01. The second kappa shape index (κ2) is 8.43. The zero-order valence-electron chi connectivity index (χ0n) is 14.9. The van der Waals surface area contributed by atoms with Gasteiger partial charge in [0.2, 0.25) is 5.91 Å². The molecule has 0 unspecified atom stereocenters. The van der Waals surface area contributed by atoms with Gasteiger partial charge in [0.1, 0.15) is 0 Å². The lowest BCUT2D eigenvalue weighted by Gasteiger charge is -2.19. The van der Waals surface area contributed by atoms with Crippen molar-refractivity contribution in [2.45, 2.75) is 39.0 Å². The molecule has 0 bridgehead atoms.